The Balaban J connectivity index is 1.43. The van der Waals surface area contributed by atoms with Gasteiger partial charge in [-0.3, -0.25) is 9.59 Å². The lowest BCUT2D eigenvalue weighted by molar-refractivity contribution is -0.137. The zero-order chi connectivity index (χ0) is 24.6. The summed E-state index contributed by atoms with van der Waals surface area (Å²) in [6, 6.07) is 0.145. The zero-order valence-electron chi connectivity index (χ0n) is 18.0. The third-order valence-electron chi connectivity index (χ3n) is 5.15. The Morgan fingerprint density at radius 1 is 1.15 bits per heavy atom. The lowest BCUT2D eigenvalue weighted by Crippen LogP contribution is -2.33. The van der Waals surface area contributed by atoms with Gasteiger partial charge in [-0.15, -0.1) is 11.3 Å². The fraction of sp³-hybridized carbons (Fsp3) is 0.350. The van der Waals surface area contributed by atoms with E-state index in [9.17, 15) is 22.8 Å². The van der Waals surface area contributed by atoms with Crippen molar-refractivity contribution < 1.29 is 22.8 Å². The molecule has 0 saturated heterocycles. The Bertz CT molecular complexity index is 1240. The first-order valence-corrected chi connectivity index (χ1v) is 11.3. The summed E-state index contributed by atoms with van der Waals surface area (Å²) in [5.41, 5.74) is -0.675. The fourth-order valence-corrected chi connectivity index (χ4v) is 4.49. The molecule has 3 aromatic rings. The molecule has 180 valence electrons. The van der Waals surface area contributed by atoms with Gasteiger partial charge in [0, 0.05) is 26.3 Å². The first-order valence-electron chi connectivity index (χ1n) is 10.1. The molecule has 2 amide bonds. The van der Waals surface area contributed by atoms with Crippen LogP contribution in [0.5, 0.6) is 0 Å². The molecule has 0 aromatic carbocycles. The van der Waals surface area contributed by atoms with Gasteiger partial charge in [-0.1, -0.05) is 11.6 Å². The Kier molecular flexibility index (Phi) is 6.49. The highest BCUT2D eigenvalue weighted by atomic mass is 35.5. The van der Waals surface area contributed by atoms with Gasteiger partial charge in [-0.05, 0) is 19.4 Å². The molecule has 0 fully saturated rings. The molecule has 0 saturated carbocycles. The van der Waals surface area contributed by atoms with Crippen molar-refractivity contribution >= 4 is 46.5 Å². The minimum absolute atomic E-state index is 0.143. The van der Waals surface area contributed by atoms with Crippen LogP contribution < -0.4 is 15.5 Å². The number of rotatable bonds is 5. The van der Waals surface area contributed by atoms with Gasteiger partial charge in [0.1, 0.15) is 21.4 Å². The van der Waals surface area contributed by atoms with Crippen LogP contribution in [0.4, 0.5) is 24.9 Å². The molecule has 34 heavy (non-hydrogen) atoms. The van der Waals surface area contributed by atoms with E-state index in [-0.39, 0.29) is 16.6 Å². The molecular formula is C20H19ClF3N7O2S. The van der Waals surface area contributed by atoms with E-state index in [1.165, 1.54) is 12.4 Å². The molecule has 1 aliphatic rings. The van der Waals surface area contributed by atoms with E-state index in [4.69, 9.17) is 11.6 Å². The number of pyridine rings is 1. The molecule has 3 aromatic heterocycles. The summed E-state index contributed by atoms with van der Waals surface area (Å²) in [6.07, 6.45) is -0.159. The molecular weight excluding hydrogens is 495 g/mol. The highest BCUT2D eigenvalue weighted by molar-refractivity contribution is 7.13. The van der Waals surface area contributed by atoms with Crippen molar-refractivity contribution in [3.8, 4) is 0 Å². The van der Waals surface area contributed by atoms with Gasteiger partial charge in [0.15, 0.2) is 0 Å². The molecule has 9 nitrogen and oxygen atoms in total. The van der Waals surface area contributed by atoms with Gasteiger partial charge in [-0.2, -0.15) is 13.2 Å². The maximum atomic E-state index is 13.0. The topological polar surface area (TPSA) is 105 Å². The number of thiazole rings is 1. The number of amides is 2. The number of aromatic nitrogens is 4. The Morgan fingerprint density at radius 2 is 1.91 bits per heavy atom. The summed E-state index contributed by atoms with van der Waals surface area (Å²) >= 11 is 6.56. The van der Waals surface area contributed by atoms with Crippen LogP contribution in [-0.4, -0.2) is 44.9 Å². The van der Waals surface area contributed by atoms with Crippen LogP contribution in [0.15, 0.2) is 24.7 Å². The lowest BCUT2D eigenvalue weighted by atomic mass is 10.2. The highest BCUT2D eigenvalue weighted by Crippen LogP contribution is 2.35. The smallest absolute Gasteiger partial charge is 0.345 e. The van der Waals surface area contributed by atoms with Crippen molar-refractivity contribution in [3.05, 3.63) is 50.8 Å². The largest absolute Gasteiger partial charge is 0.418 e. The van der Waals surface area contributed by atoms with E-state index in [0.717, 1.165) is 36.4 Å². The number of nitrogens with one attached hydrogen (secondary N) is 2. The van der Waals surface area contributed by atoms with Crippen LogP contribution >= 0.6 is 22.9 Å². The third kappa shape index (κ3) is 4.85. The average molecular weight is 514 g/mol. The average Bonchev–Trinajstić information content (AvgIpc) is 3.42. The summed E-state index contributed by atoms with van der Waals surface area (Å²) in [7, 11) is 1.91. The number of imidazole rings is 1. The van der Waals surface area contributed by atoms with Gasteiger partial charge < -0.3 is 20.1 Å². The van der Waals surface area contributed by atoms with E-state index in [2.05, 4.69) is 25.6 Å². The number of nitrogens with zero attached hydrogens (tertiary/aromatic N) is 5. The first kappa shape index (κ1) is 24.0. The predicted octanol–water partition coefficient (Wildman–Crippen LogP) is 3.99. The normalized spacial score (nSPS) is 14.5. The second kappa shape index (κ2) is 9.22. The summed E-state index contributed by atoms with van der Waals surface area (Å²) in [4.78, 5) is 39.6. The van der Waals surface area contributed by atoms with Gasteiger partial charge in [0.25, 0.3) is 11.8 Å². The van der Waals surface area contributed by atoms with Crippen LogP contribution in [0.2, 0.25) is 5.02 Å². The summed E-state index contributed by atoms with van der Waals surface area (Å²) in [6.45, 7) is 3.27. The molecule has 0 bridgehead atoms. The molecule has 2 N–H and O–H groups in total. The summed E-state index contributed by atoms with van der Waals surface area (Å²) in [5.74, 6) is -0.582. The van der Waals surface area contributed by atoms with E-state index < -0.39 is 28.7 Å². The Labute approximate surface area is 201 Å². The minimum atomic E-state index is -4.69. The van der Waals surface area contributed by atoms with E-state index in [1.807, 2.05) is 16.5 Å². The van der Waals surface area contributed by atoms with Crippen molar-refractivity contribution in [1.29, 1.82) is 0 Å². The van der Waals surface area contributed by atoms with Gasteiger partial charge in [0.05, 0.1) is 29.0 Å². The number of alkyl halides is 3. The molecule has 14 heteroatoms. The molecule has 1 aliphatic heterocycles. The van der Waals surface area contributed by atoms with Crippen molar-refractivity contribution in [2.75, 3.05) is 23.8 Å². The van der Waals surface area contributed by atoms with Gasteiger partial charge in [0.2, 0.25) is 5.95 Å². The molecule has 0 radical (unpaired) electrons. The van der Waals surface area contributed by atoms with Crippen molar-refractivity contribution in [3.63, 3.8) is 0 Å². The SMILES string of the molecule is C[C@@H](NC(=O)c1cnc2n1CCCN2C)c1ncc(C(=O)Nc2cc(C(F)(F)F)c(Cl)cn2)s1. The Hall–Kier alpha value is -3.19. The quantitative estimate of drug-likeness (QED) is 0.534. The molecule has 1 atom stereocenters. The standard InChI is InChI=1S/C20H19ClF3N7O2S/c1-10(28-16(32)13-8-27-19-30(2)4-3-5-31(13)19)18-26-9-14(34-18)17(33)29-15-6-11(20(22,23)24)12(21)7-25-15/h6-10H,3-5H2,1-2H3,(H,28,32)(H,25,29,33)/t10-/m1/s1. The van der Waals surface area contributed by atoms with Crippen LogP contribution in [0, 0.1) is 0 Å². The second-order valence-electron chi connectivity index (χ2n) is 7.63. The van der Waals surface area contributed by atoms with E-state index in [0.29, 0.717) is 23.3 Å². The molecule has 4 heterocycles. The first-order chi connectivity index (χ1) is 16.0. The second-order valence-corrected chi connectivity index (χ2v) is 9.10. The van der Waals surface area contributed by atoms with Crippen LogP contribution in [0.3, 0.4) is 0 Å². The molecule has 4 rings (SSSR count). The molecule has 0 aliphatic carbocycles. The van der Waals surface area contributed by atoms with Crippen molar-refractivity contribution in [2.45, 2.75) is 32.1 Å². The Morgan fingerprint density at radius 3 is 2.65 bits per heavy atom. The number of hydrogen-bond donors (Lipinski definition) is 2. The highest BCUT2D eigenvalue weighted by Gasteiger charge is 2.34. The fourth-order valence-electron chi connectivity index (χ4n) is 3.47. The van der Waals surface area contributed by atoms with E-state index in [1.54, 1.807) is 6.92 Å². The van der Waals surface area contributed by atoms with Crippen LogP contribution in [0.25, 0.3) is 0 Å². The number of fused-ring (bicyclic) bond motifs is 1. The number of carbonyl (C=O) groups excluding carboxylic acids is 2. The number of halogens is 4. The number of carbonyl (C=O) groups is 2. The minimum Gasteiger partial charge on any atom is -0.345 e. The van der Waals surface area contributed by atoms with Crippen LogP contribution in [0.1, 0.15) is 50.1 Å². The van der Waals surface area contributed by atoms with Gasteiger partial charge >= 0.3 is 6.18 Å². The summed E-state index contributed by atoms with van der Waals surface area (Å²) in [5, 5.41) is 5.04. The molecule has 0 unspecified atom stereocenters. The van der Waals surface area contributed by atoms with Crippen molar-refractivity contribution in [2.24, 2.45) is 0 Å². The monoisotopic (exact) mass is 513 g/mol. The van der Waals surface area contributed by atoms with Crippen LogP contribution in [-0.2, 0) is 12.7 Å². The van der Waals surface area contributed by atoms with E-state index >= 15 is 0 Å². The van der Waals surface area contributed by atoms with Gasteiger partial charge in [-0.25, -0.2) is 15.0 Å². The number of anilines is 2. The summed E-state index contributed by atoms with van der Waals surface area (Å²) < 4.78 is 40.9. The maximum absolute atomic E-state index is 13.0. The lowest BCUT2D eigenvalue weighted by Gasteiger charge is -2.25. The van der Waals surface area contributed by atoms with Crippen molar-refractivity contribution in [1.82, 2.24) is 24.8 Å². The maximum Gasteiger partial charge on any atom is 0.418 e. The predicted molar refractivity (Wildman–Crippen MR) is 120 cm³/mol. The zero-order valence-corrected chi connectivity index (χ0v) is 19.6. The molecule has 0 spiro atoms. The third-order valence-corrected chi connectivity index (χ3v) is 6.63. The number of hydrogen-bond acceptors (Lipinski definition) is 7.